The number of rotatable bonds is 7. The largest absolute Gasteiger partial charge is 0.454 e. The van der Waals surface area contributed by atoms with Crippen LogP contribution in [0.1, 0.15) is 45.6 Å². The molecule has 0 spiro atoms. The van der Waals surface area contributed by atoms with Crippen molar-refractivity contribution in [1.29, 1.82) is 0 Å². The molecule has 0 aliphatic heterocycles. The van der Waals surface area contributed by atoms with Crippen LogP contribution >= 0.6 is 0 Å². The zero-order chi connectivity index (χ0) is 25.2. The van der Waals surface area contributed by atoms with Gasteiger partial charge < -0.3 is 19.8 Å². The molecule has 182 valence electrons. The summed E-state index contributed by atoms with van der Waals surface area (Å²) in [6.45, 7) is 0. The van der Waals surface area contributed by atoms with Gasteiger partial charge in [-0.05, 0) is 55.3 Å². The fourth-order valence-corrected chi connectivity index (χ4v) is 3.50. The molecule has 8 nitrogen and oxygen atoms in total. The van der Waals surface area contributed by atoms with Crippen molar-refractivity contribution >= 4 is 17.5 Å². The average molecular weight is 490 g/mol. The number of hydrogen-bond acceptors (Lipinski definition) is 6. The number of halogens is 2. The summed E-state index contributed by atoms with van der Waals surface area (Å²) in [5, 5.41) is 5.07. The van der Waals surface area contributed by atoms with Crippen molar-refractivity contribution in [3.05, 3.63) is 89.7 Å². The third kappa shape index (κ3) is 4.92. The van der Waals surface area contributed by atoms with Crippen LogP contribution in [-0.4, -0.2) is 28.8 Å². The first-order valence-electron chi connectivity index (χ1n) is 11.1. The first-order chi connectivity index (χ1) is 17.4. The summed E-state index contributed by atoms with van der Waals surface area (Å²) in [4.78, 5) is 33.1. The van der Waals surface area contributed by atoms with Gasteiger partial charge in [0.2, 0.25) is 0 Å². The lowest BCUT2D eigenvalue weighted by atomic mass is 10.1. The Hall–Kier alpha value is -4.60. The van der Waals surface area contributed by atoms with Crippen molar-refractivity contribution in [3.8, 4) is 22.8 Å². The summed E-state index contributed by atoms with van der Waals surface area (Å²) in [7, 11) is 1.47. The molecule has 1 fully saturated rings. The Balaban J connectivity index is 1.35. The van der Waals surface area contributed by atoms with Crippen LogP contribution in [0.5, 0.6) is 11.5 Å². The van der Waals surface area contributed by atoms with Gasteiger partial charge in [0.05, 0.1) is 0 Å². The van der Waals surface area contributed by atoms with E-state index in [1.165, 1.54) is 61.8 Å². The van der Waals surface area contributed by atoms with Crippen molar-refractivity contribution in [2.24, 2.45) is 0 Å². The maximum Gasteiger partial charge on any atom is 0.278 e. The van der Waals surface area contributed by atoms with E-state index in [1.54, 1.807) is 0 Å². The first kappa shape index (κ1) is 23.2. The molecule has 2 aromatic heterocycles. The lowest BCUT2D eigenvalue weighted by Gasteiger charge is -2.10. The molecule has 2 aromatic carbocycles. The molecule has 2 N–H and O–H groups in total. The van der Waals surface area contributed by atoms with E-state index in [9.17, 15) is 18.4 Å². The molecule has 4 aromatic rings. The van der Waals surface area contributed by atoms with E-state index in [0.29, 0.717) is 11.5 Å². The van der Waals surface area contributed by atoms with Crippen LogP contribution in [0, 0.1) is 11.6 Å². The summed E-state index contributed by atoms with van der Waals surface area (Å²) in [6.07, 6.45) is 3.21. The minimum atomic E-state index is -0.733. The zero-order valence-electron chi connectivity index (χ0n) is 19.0. The molecule has 0 saturated heterocycles. The van der Waals surface area contributed by atoms with Gasteiger partial charge in [-0.25, -0.2) is 13.8 Å². The quantitative estimate of drug-likeness (QED) is 0.364. The molecule has 10 heteroatoms. The predicted octanol–water partition coefficient (Wildman–Crippen LogP) is 5.30. The zero-order valence-corrected chi connectivity index (χ0v) is 19.0. The van der Waals surface area contributed by atoms with Crippen LogP contribution in [0.15, 0.2) is 65.2 Å². The van der Waals surface area contributed by atoms with Crippen molar-refractivity contribution < 1.29 is 27.5 Å². The molecule has 1 aliphatic carbocycles. The molecule has 1 saturated carbocycles. The normalized spacial score (nSPS) is 12.8. The summed E-state index contributed by atoms with van der Waals surface area (Å²) in [6, 6.07) is 12.3. The van der Waals surface area contributed by atoms with Crippen molar-refractivity contribution in [3.63, 3.8) is 0 Å². The molecule has 2 amide bonds. The van der Waals surface area contributed by atoms with Gasteiger partial charge in [0.15, 0.2) is 28.9 Å². The number of carbonyl (C=O) groups is 2. The van der Waals surface area contributed by atoms with E-state index in [4.69, 9.17) is 9.15 Å². The number of ether oxygens (including phenoxy) is 1. The third-order valence-electron chi connectivity index (χ3n) is 5.50. The third-order valence-corrected chi connectivity index (χ3v) is 5.50. The molecular formula is C26H20F2N4O4. The van der Waals surface area contributed by atoms with E-state index in [1.807, 2.05) is 0 Å². The van der Waals surface area contributed by atoms with Gasteiger partial charge in [-0.1, -0.05) is 0 Å². The van der Waals surface area contributed by atoms with Gasteiger partial charge in [-0.3, -0.25) is 14.6 Å². The van der Waals surface area contributed by atoms with E-state index in [2.05, 4.69) is 20.6 Å². The number of nitrogens with zero attached hydrogens (tertiary/aromatic N) is 2. The minimum absolute atomic E-state index is 0.0303. The second-order valence-electron chi connectivity index (χ2n) is 8.17. The predicted molar refractivity (Wildman–Crippen MR) is 126 cm³/mol. The van der Waals surface area contributed by atoms with Crippen molar-refractivity contribution in [2.75, 3.05) is 12.4 Å². The number of amides is 2. The number of oxazole rings is 1. The summed E-state index contributed by atoms with van der Waals surface area (Å²) in [5.74, 6) is -1.21. The lowest BCUT2D eigenvalue weighted by molar-refractivity contribution is 0.0957. The van der Waals surface area contributed by atoms with Gasteiger partial charge in [0, 0.05) is 42.5 Å². The number of nitrogens with one attached hydrogen (secondary N) is 2. The van der Waals surface area contributed by atoms with Gasteiger partial charge in [-0.15, -0.1) is 0 Å². The van der Waals surface area contributed by atoms with Crippen LogP contribution in [0.25, 0.3) is 11.3 Å². The summed E-state index contributed by atoms with van der Waals surface area (Å²) < 4.78 is 39.5. The molecule has 1 aliphatic rings. The van der Waals surface area contributed by atoms with Crippen LogP contribution < -0.4 is 15.4 Å². The maximum atomic E-state index is 14.8. The number of pyridine rings is 1. The number of hydrogen-bond donors (Lipinski definition) is 2. The van der Waals surface area contributed by atoms with Gasteiger partial charge in [-0.2, -0.15) is 0 Å². The highest BCUT2D eigenvalue weighted by Gasteiger charge is 2.32. The van der Waals surface area contributed by atoms with E-state index in [-0.39, 0.29) is 40.3 Å². The molecular weight excluding hydrogens is 470 g/mol. The number of aromatic nitrogens is 2. The van der Waals surface area contributed by atoms with Crippen LogP contribution in [0.3, 0.4) is 0 Å². The Bertz CT molecular complexity index is 1450. The highest BCUT2D eigenvalue weighted by molar-refractivity contribution is 6.06. The Labute approximate surface area is 204 Å². The fraction of sp³-hybridized carbons (Fsp3) is 0.154. The maximum absolute atomic E-state index is 14.8. The van der Waals surface area contributed by atoms with Gasteiger partial charge in [0.1, 0.15) is 17.3 Å². The number of anilines is 1. The summed E-state index contributed by atoms with van der Waals surface area (Å²) >= 11 is 0. The SMILES string of the molecule is CNC(=O)c1cc(Oc2ccc(NC(=O)c3nc(C4CC4)oc3-c3ccc(F)cc3)cc2F)ccn1. The second-order valence-corrected chi connectivity index (χ2v) is 8.17. The van der Waals surface area contributed by atoms with Crippen LogP contribution in [-0.2, 0) is 0 Å². The van der Waals surface area contributed by atoms with Crippen molar-refractivity contribution in [2.45, 2.75) is 18.8 Å². The standard InChI is InChI=1S/C26H20F2N4O4/c1-29-24(33)20-13-18(10-11-30-20)35-21-9-8-17(12-19(21)28)31-25(34)22-23(14-4-6-16(27)7-5-14)36-26(32-22)15-2-3-15/h4-13,15H,2-3H2,1H3,(H,29,33)(H,31,34). The minimum Gasteiger partial charge on any atom is -0.454 e. The molecule has 0 atom stereocenters. The van der Waals surface area contributed by atoms with Crippen LogP contribution in [0.2, 0.25) is 0 Å². The summed E-state index contributed by atoms with van der Waals surface area (Å²) in [5.41, 5.74) is 0.827. The lowest BCUT2D eigenvalue weighted by Crippen LogP contribution is -2.18. The highest BCUT2D eigenvalue weighted by Crippen LogP contribution is 2.42. The number of benzene rings is 2. The van der Waals surface area contributed by atoms with E-state index in [0.717, 1.165) is 18.9 Å². The van der Waals surface area contributed by atoms with Crippen molar-refractivity contribution in [1.82, 2.24) is 15.3 Å². The Morgan fingerprint density at radius 3 is 2.50 bits per heavy atom. The molecule has 2 heterocycles. The monoisotopic (exact) mass is 490 g/mol. The van der Waals surface area contributed by atoms with Gasteiger partial charge >= 0.3 is 0 Å². The Morgan fingerprint density at radius 1 is 1.03 bits per heavy atom. The first-order valence-corrected chi connectivity index (χ1v) is 11.1. The smallest absolute Gasteiger partial charge is 0.278 e. The molecule has 0 radical (unpaired) electrons. The van der Waals surface area contributed by atoms with E-state index >= 15 is 0 Å². The highest BCUT2D eigenvalue weighted by atomic mass is 19.1. The average Bonchev–Trinajstić information content (AvgIpc) is 3.64. The molecule has 0 bridgehead atoms. The number of carbonyl (C=O) groups excluding carboxylic acids is 2. The fourth-order valence-electron chi connectivity index (χ4n) is 3.50. The molecule has 5 rings (SSSR count). The van der Waals surface area contributed by atoms with Gasteiger partial charge in [0.25, 0.3) is 11.8 Å². The molecule has 0 unspecified atom stereocenters. The Morgan fingerprint density at radius 2 is 1.81 bits per heavy atom. The topological polar surface area (TPSA) is 106 Å². The second kappa shape index (κ2) is 9.57. The molecule has 36 heavy (non-hydrogen) atoms. The van der Waals surface area contributed by atoms with E-state index < -0.39 is 23.4 Å². The van der Waals surface area contributed by atoms with Crippen LogP contribution in [0.4, 0.5) is 14.5 Å². The Kier molecular flexibility index (Phi) is 6.16.